The third-order valence-electron chi connectivity index (χ3n) is 4.09. The average molecular weight is 319 g/mol. The van der Waals surface area contributed by atoms with Gasteiger partial charge in [-0.1, -0.05) is 49.6 Å². The number of ether oxygens (including phenoxy) is 2. The first-order valence-electron chi connectivity index (χ1n) is 8.29. The van der Waals surface area contributed by atoms with E-state index in [1.807, 2.05) is 30.3 Å². The Bertz CT molecular complexity index is 497. The van der Waals surface area contributed by atoms with Gasteiger partial charge in [-0.15, -0.1) is 0 Å². The largest absolute Gasteiger partial charge is 0.464 e. The minimum Gasteiger partial charge on any atom is -0.464 e. The zero-order valence-corrected chi connectivity index (χ0v) is 13.6. The molecular weight excluding hydrogens is 294 g/mol. The van der Waals surface area contributed by atoms with E-state index in [4.69, 9.17) is 9.47 Å². The van der Waals surface area contributed by atoms with Gasteiger partial charge in [-0.25, -0.2) is 9.59 Å². The van der Waals surface area contributed by atoms with E-state index in [9.17, 15) is 9.59 Å². The highest BCUT2D eigenvalue weighted by Crippen LogP contribution is 2.23. The van der Waals surface area contributed by atoms with Crippen molar-refractivity contribution in [1.82, 2.24) is 5.32 Å². The van der Waals surface area contributed by atoms with Crippen molar-refractivity contribution in [3.8, 4) is 0 Å². The molecule has 126 valence electrons. The lowest BCUT2D eigenvalue weighted by Gasteiger charge is -2.22. The van der Waals surface area contributed by atoms with Crippen LogP contribution < -0.4 is 5.32 Å². The Kier molecular flexibility index (Phi) is 6.91. The molecule has 1 fully saturated rings. The summed E-state index contributed by atoms with van der Waals surface area (Å²) in [6.07, 6.45) is 5.32. The summed E-state index contributed by atoms with van der Waals surface area (Å²) >= 11 is 0. The van der Waals surface area contributed by atoms with Crippen LogP contribution in [0.15, 0.2) is 30.3 Å². The molecule has 23 heavy (non-hydrogen) atoms. The summed E-state index contributed by atoms with van der Waals surface area (Å²) in [5, 5.41) is 2.50. The van der Waals surface area contributed by atoms with Gasteiger partial charge in [-0.05, 0) is 31.2 Å². The van der Waals surface area contributed by atoms with Gasteiger partial charge in [0.25, 0.3) is 0 Å². The van der Waals surface area contributed by atoms with Gasteiger partial charge in [0.05, 0.1) is 6.61 Å². The van der Waals surface area contributed by atoms with Crippen LogP contribution in [-0.2, 0) is 20.9 Å². The molecule has 5 nitrogen and oxygen atoms in total. The number of esters is 1. The summed E-state index contributed by atoms with van der Waals surface area (Å²) in [6.45, 7) is 2.23. The quantitative estimate of drug-likeness (QED) is 0.816. The number of hydrogen-bond donors (Lipinski definition) is 1. The highest BCUT2D eigenvalue weighted by Gasteiger charge is 2.20. The maximum atomic E-state index is 11.9. The maximum Gasteiger partial charge on any atom is 0.408 e. The Morgan fingerprint density at radius 2 is 1.83 bits per heavy atom. The zero-order chi connectivity index (χ0) is 16.5. The Hall–Kier alpha value is -2.04. The molecule has 0 bridgehead atoms. The highest BCUT2D eigenvalue weighted by atomic mass is 16.6. The molecule has 1 aliphatic rings. The van der Waals surface area contributed by atoms with E-state index in [-0.39, 0.29) is 6.61 Å². The lowest BCUT2D eigenvalue weighted by atomic mass is 9.90. The predicted molar refractivity (Wildman–Crippen MR) is 86.8 cm³/mol. The molecule has 0 saturated heterocycles. The lowest BCUT2D eigenvalue weighted by molar-refractivity contribution is -0.147. The summed E-state index contributed by atoms with van der Waals surface area (Å²) in [7, 11) is 0. The summed E-state index contributed by atoms with van der Waals surface area (Å²) in [4.78, 5) is 23.6. The molecule has 1 aliphatic carbocycles. The lowest BCUT2D eigenvalue weighted by Crippen LogP contribution is -2.40. The fourth-order valence-electron chi connectivity index (χ4n) is 2.68. The second kappa shape index (κ2) is 9.18. The summed E-state index contributed by atoms with van der Waals surface area (Å²) in [5.74, 6) is 0.0529. The standard InChI is InChI=1S/C18H25NO4/c1-14(17(20)22-12-15-8-4-2-5-9-15)19-18(21)23-13-16-10-6-3-7-11-16/h3,6-7,10-11,14-15H,2,4-5,8-9,12-13H2,1H3,(H,19,21)/t14-/m0/s1. The van der Waals surface area contributed by atoms with Crippen molar-refractivity contribution in [2.45, 2.75) is 51.7 Å². The van der Waals surface area contributed by atoms with Crippen molar-refractivity contribution < 1.29 is 19.1 Å². The van der Waals surface area contributed by atoms with Crippen LogP contribution in [0.2, 0.25) is 0 Å². The average Bonchev–Trinajstić information content (AvgIpc) is 2.59. The molecule has 0 unspecified atom stereocenters. The fourth-order valence-corrected chi connectivity index (χ4v) is 2.68. The number of benzene rings is 1. The number of amides is 1. The van der Waals surface area contributed by atoms with E-state index < -0.39 is 18.1 Å². The molecule has 0 spiro atoms. The van der Waals surface area contributed by atoms with Gasteiger partial charge in [0.1, 0.15) is 12.6 Å². The number of nitrogens with one attached hydrogen (secondary N) is 1. The van der Waals surface area contributed by atoms with Crippen LogP contribution in [0.1, 0.15) is 44.6 Å². The summed E-state index contributed by atoms with van der Waals surface area (Å²) in [5.41, 5.74) is 0.898. The zero-order valence-electron chi connectivity index (χ0n) is 13.6. The molecule has 1 saturated carbocycles. The van der Waals surface area contributed by atoms with Crippen LogP contribution >= 0.6 is 0 Å². The number of carbonyl (C=O) groups excluding carboxylic acids is 2. The minimum atomic E-state index is -0.707. The van der Waals surface area contributed by atoms with Crippen molar-refractivity contribution in [1.29, 1.82) is 0 Å². The number of hydrogen-bond acceptors (Lipinski definition) is 4. The molecule has 0 aromatic heterocycles. The molecule has 1 aromatic carbocycles. The smallest absolute Gasteiger partial charge is 0.408 e. The first-order chi connectivity index (χ1) is 11.1. The molecule has 5 heteroatoms. The Labute approximate surface area is 137 Å². The van der Waals surface area contributed by atoms with E-state index in [0.717, 1.165) is 18.4 Å². The summed E-state index contributed by atoms with van der Waals surface area (Å²) in [6, 6.07) is 8.68. The van der Waals surface area contributed by atoms with Gasteiger partial charge in [0.2, 0.25) is 0 Å². The van der Waals surface area contributed by atoms with E-state index in [1.54, 1.807) is 6.92 Å². The molecular formula is C18H25NO4. The number of carbonyl (C=O) groups is 2. The molecule has 0 heterocycles. The van der Waals surface area contributed by atoms with Crippen LogP contribution in [0.4, 0.5) is 4.79 Å². The maximum absolute atomic E-state index is 11.9. The van der Waals surface area contributed by atoms with E-state index in [0.29, 0.717) is 12.5 Å². The van der Waals surface area contributed by atoms with Gasteiger partial charge in [-0.3, -0.25) is 0 Å². The van der Waals surface area contributed by atoms with Gasteiger partial charge < -0.3 is 14.8 Å². The van der Waals surface area contributed by atoms with Crippen LogP contribution in [0, 0.1) is 5.92 Å². The third kappa shape index (κ3) is 6.30. The van der Waals surface area contributed by atoms with Gasteiger partial charge in [-0.2, -0.15) is 0 Å². The van der Waals surface area contributed by atoms with Crippen LogP contribution in [0.5, 0.6) is 0 Å². The molecule has 1 atom stereocenters. The van der Waals surface area contributed by atoms with Crippen molar-refractivity contribution in [2.75, 3.05) is 6.61 Å². The van der Waals surface area contributed by atoms with Crippen molar-refractivity contribution in [3.63, 3.8) is 0 Å². The second-order valence-electron chi connectivity index (χ2n) is 6.06. The monoisotopic (exact) mass is 319 g/mol. The molecule has 2 rings (SSSR count). The Balaban J connectivity index is 1.64. The Morgan fingerprint density at radius 3 is 2.52 bits per heavy atom. The summed E-state index contributed by atoms with van der Waals surface area (Å²) < 4.78 is 10.4. The van der Waals surface area contributed by atoms with E-state index in [2.05, 4.69) is 5.32 Å². The van der Waals surface area contributed by atoms with Gasteiger partial charge >= 0.3 is 12.1 Å². The number of alkyl carbamates (subject to hydrolysis) is 1. The van der Waals surface area contributed by atoms with Crippen LogP contribution in [0.3, 0.4) is 0 Å². The topological polar surface area (TPSA) is 64.6 Å². The molecule has 1 aromatic rings. The normalized spacial score (nSPS) is 16.4. The van der Waals surface area contributed by atoms with Gasteiger partial charge in [0.15, 0.2) is 0 Å². The molecule has 1 amide bonds. The predicted octanol–water partition coefficient (Wildman–Crippen LogP) is 3.42. The minimum absolute atomic E-state index is 0.177. The fraction of sp³-hybridized carbons (Fsp3) is 0.556. The van der Waals surface area contributed by atoms with Gasteiger partial charge in [0, 0.05) is 0 Å². The SMILES string of the molecule is C[C@H](NC(=O)OCc1ccccc1)C(=O)OCC1CCCCC1. The van der Waals surface area contributed by atoms with E-state index >= 15 is 0 Å². The van der Waals surface area contributed by atoms with Crippen LogP contribution in [-0.4, -0.2) is 24.7 Å². The molecule has 0 aliphatic heterocycles. The van der Waals surface area contributed by atoms with Crippen molar-refractivity contribution in [2.24, 2.45) is 5.92 Å². The van der Waals surface area contributed by atoms with Crippen LogP contribution in [0.25, 0.3) is 0 Å². The third-order valence-corrected chi connectivity index (χ3v) is 4.09. The van der Waals surface area contributed by atoms with Crippen molar-refractivity contribution >= 4 is 12.1 Å². The molecule has 1 N–H and O–H groups in total. The molecule has 0 radical (unpaired) electrons. The highest BCUT2D eigenvalue weighted by molar-refractivity contribution is 5.80. The first-order valence-corrected chi connectivity index (χ1v) is 8.29. The van der Waals surface area contributed by atoms with Crippen molar-refractivity contribution in [3.05, 3.63) is 35.9 Å². The number of rotatable bonds is 6. The van der Waals surface area contributed by atoms with E-state index in [1.165, 1.54) is 19.3 Å². The Morgan fingerprint density at radius 1 is 1.13 bits per heavy atom. The second-order valence-corrected chi connectivity index (χ2v) is 6.06. The first kappa shape index (κ1) is 17.3.